The van der Waals surface area contributed by atoms with Gasteiger partial charge in [-0.25, -0.2) is 0 Å². The molecule has 2 N–H and O–H groups in total. The summed E-state index contributed by atoms with van der Waals surface area (Å²) in [5.41, 5.74) is 0. The van der Waals surface area contributed by atoms with Crippen LogP contribution in [0, 0.1) is 5.92 Å². The summed E-state index contributed by atoms with van der Waals surface area (Å²) in [6.45, 7) is 4.77. The lowest BCUT2D eigenvalue weighted by Gasteiger charge is -2.33. The molecule has 0 aromatic rings. The summed E-state index contributed by atoms with van der Waals surface area (Å²) >= 11 is 0. The molecular formula is C14H27ClN2O2. The average molecular weight is 291 g/mol. The van der Waals surface area contributed by atoms with Crippen LogP contribution in [0.2, 0.25) is 0 Å². The topological polar surface area (TPSA) is 42.5 Å². The van der Waals surface area contributed by atoms with Gasteiger partial charge in [0.05, 0.1) is 19.3 Å². The van der Waals surface area contributed by atoms with E-state index in [0.29, 0.717) is 18.2 Å². The smallest absolute Gasteiger partial charge is 0.0700 e. The van der Waals surface area contributed by atoms with E-state index in [1.165, 1.54) is 32.1 Å². The molecule has 1 saturated carbocycles. The molecule has 0 radical (unpaired) electrons. The van der Waals surface area contributed by atoms with Crippen molar-refractivity contribution in [1.82, 2.24) is 10.6 Å². The second kappa shape index (κ2) is 7.79. The van der Waals surface area contributed by atoms with E-state index in [4.69, 9.17) is 9.47 Å². The van der Waals surface area contributed by atoms with Crippen LogP contribution in [0.4, 0.5) is 0 Å². The summed E-state index contributed by atoms with van der Waals surface area (Å²) in [5, 5.41) is 7.37. The van der Waals surface area contributed by atoms with Gasteiger partial charge in [0.25, 0.3) is 0 Å². The zero-order valence-electron chi connectivity index (χ0n) is 11.6. The Balaban J connectivity index is 0.00000133. The normalized spacial score (nSPS) is 39.2. The Bertz CT molecular complexity index is 256. The molecule has 4 nitrogen and oxygen atoms in total. The van der Waals surface area contributed by atoms with Crippen molar-refractivity contribution in [2.75, 3.05) is 32.9 Å². The highest BCUT2D eigenvalue weighted by Crippen LogP contribution is 2.29. The highest BCUT2D eigenvalue weighted by Gasteiger charge is 2.34. The van der Waals surface area contributed by atoms with Crippen molar-refractivity contribution in [3.05, 3.63) is 0 Å². The Kier molecular flexibility index (Phi) is 6.36. The summed E-state index contributed by atoms with van der Waals surface area (Å²) in [4.78, 5) is 0. The molecule has 0 bridgehead atoms. The van der Waals surface area contributed by atoms with Crippen LogP contribution in [0.5, 0.6) is 0 Å². The number of hydrogen-bond acceptors (Lipinski definition) is 4. The first-order valence-corrected chi connectivity index (χ1v) is 7.59. The van der Waals surface area contributed by atoms with Gasteiger partial charge in [0.2, 0.25) is 0 Å². The lowest BCUT2D eigenvalue weighted by molar-refractivity contribution is 0.0503. The SMILES string of the molecule is C1COC(CNC2CCCC2C2COCCN2)C1.Cl. The summed E-state index contributed by atoms with van der Waals surface area (Å²) < 4.78 is 11.3. The molecule has 2 saturated heterocycles. The molecule has 3 rings (SSSR count). The first-order chi connectivity index (χ1) is 8.93. The van der Waals surface area contributed by atoms with Gasteiger partial charge in [-0.05, 0) is 31.6 Å². The number of halogens is 1. The van der Waals surface area contributed by atoms with Crippen molar-refractivity contribution in [2.24, 2.45) is 5.92 Å². The van der Waals surface area contributed by atoms with E-state index in [-0.39, 0.29) is 12.4 Å². The average Bonchev–Trinajstić information content (AvgIpc) is 3.09. The van der Waals surface area contributed by atoms with Gasteiger partial charge in [-0.2, -0.15) is 0 Å². The van der Waals surface area contributed by atoms with Crippen LogP contribution in [0.1, 0.15) is 32.1 Å². The van der Waals surface area contributed by atoms with Gasteiger partial charge in [0.1, 0.15) is 0 Å². The predicted octanol–water partition coefficient (Wildman–Crippen LogP) is 1.33. The largest absolute Gasteiger partial charge is 0.379 e. The van der Waals surface area contributed by atoms with E-state index in [1.54, 1.807) is 0 Å². The van der Waals surface area contributed by atoms with Gasteiger partial charge < -0.3 is 20.1 Å². The highest BCUT2D eigenvalue weighted by atomic mass is 35.5. The van der Waals surface area contributed by atoms with E-state index in [0.717, 1.165) is 38.8 Å². The molecule has 19 heavy (non-hydrogen) atoms. The number of morpholine rings is 1. The molecule has 2 aliphatic heterocycles. The fraction of sp³-hybridized carbons (Fsp3) is 1.00. The zero-order chi connectivity index (χ0) is 12.2. The molecule has 5 heteroatoms. The van der Waals surface area contributed by atoms with Gasteiger partial charge in [-0.3, -0.25) is 0 Å². The van der Waals surface area contributed by atoms with Crippen LogP contribution < -0.4 is 10.6 Å². The first-order valence-electron chi connectivity index (χ1n) is 7.59. The Labute approximate surface area is 122 Å². The summed E-state index contributed by atoms with van der Waals surface area (Å²) in [5.74, 6) is 0.742. The number of rotatable bonds is 4. The van der Waals surface area contributed by atoms with Crippen LogP contribution in [0.3, 0.4) is 0 Å². The molecule has 3 fully saturated rings. The van der Waals surface area contributed by atoms with Crippen LogP contribution in [-0.2, 0) is 9.47 Å². The third kappa shape index (κ3) is 4.05. The number of ether oxygens (including phenoxy) is 2. The van der Waals surface area contributed by atoms with Gasteiger partial charge in [-0.1, -0.05) is 6.42 Å². The van der Waals surface area contributed by atoms with E-state index < -0.39 is 0 Å². The standard InChI is InChI=1S/C14H26N2O2.ClH/c1-4-12(14-10-17-8-6-15-14)13(5-1)16-9-11-3-2-7-18-11;/h11-16H,1-10H2;1H. The maximum atomic E-state index is 5.69. The lowest BCUT2D eigenvalue weighted by Crippen LogP contribution is -2.51. The monoisotopic (exact) mass is 290 g/mol. The van der Waals surface area contributed by atoms with E-state index >= 15 is 0 Å². The van der Waals surface area contributed by atoms with Crippen LogP contribution >= 0.6 is 12.4 Å². The van der Waals surface area contributed by atoms with E-state index in [1.807, 2.05) is 0 Å². The van der Waals surface area contributed by atoms with Crippen molar-refractivity contribution in [2.45, 2.75) is 50.3 Å². The number of hydrogen-bond donors (Lipinski definition) is 2. The molecule has 2 heterocycles. The summed E-state index contributed by atoms with van der Waals surface area (Å²) in [7, 11) is 0. The van der Waals surface area contributed by atoms with Crippen molar-refractivity contribution < 1.29 is 9.47 Å². The predicted molar refractivity (Wildman–Crippen MR) is 78.0 cm³/mol. The van der Waals surface area contributed by atoms with Crippen LogP contribution in [-0.4, -0.2) is 51.1 Å². The first kappa shape index (κ1) is 15.5. The Morgan fingerprint density at radius 2 is 2.05 bits per heavy atom. The van der Waals surface area contributed by atoms with Crippen LogP contribution in [0.15, 0.2) is 0 Å². The molecule has 0 aromatic heterocycles. The molecule has 3 aliphatic rings. The molecule has 0 amide bonds. The Morgan fingerprint density at radius 1 is 1.11 bits per heavy atom. The summed E-state index contributed by atoms with van der Waals surface area (Å²) in [6.07, 6.45) is 6.93. The van der Waals surface area contributed by atoms with Gasteiger partial charge in [0, 0.05) is 31.8 Å². The quantitative estimate of drug-likeness (QED) is 0.820. The third-order valence-electron chi connectivity index (χ3n) is 4.67. The van der Waals surface area contributed by atoms with E-state index in [2.05, 4.69) is 10.6 Å². The fourth-order valence-electron chi connectivity index (χ4n) is 3.67. The second-order valence-corrected chi connectivity index (χ2v) is 5.88. The molecule has 4 atom stereocenters. The minimum atomic E-state index is 0. The van der Waals surface area contributed by atoms with Gasteiger partial charge in [-0.15, -0.1) is 12.4 Å². The molecule has 0 spiro atoms. The van der Waals surface area contributed by atoms with Crippen molar-refractivity contribution in [1.29, 1.82) is 0 Å². The highest BCUT2D eigenvalue weighted by molar-refractivity contribution is 5.85. The molecule has 0 aromatic carbocycles. The Morgan fingerprint density at radius 3 is 2.79 bits per heavy atom. The van der Waals surface area contributed by atoms with Gasteiger partial charge in [0.15, 0.2) is 0 Å². The third-order valence-corrected chi connectivity index (χ3v) is 4.67. The van der Waals surface area contributed by atoms with Gasteiger partial charge >= 0.3 is 0 Å². The molecule has 4 unspecified atom stereocenters. The maximum absolute atomic E-state index is 5.69. The van der Waals surface area contributed by atoms with Crippen molar-refractivity contribution in [3.63, 3.8) is 0 Å². The van der Waals surface area contributed by atoms with Crippen molar-refractivity contribution >= 4 is 12.4 Å². The summed E-state index contributed by atoms with van der Waals surface area (Å²) in [6, 6.07) is 1.22. The Hall–Kier alpha value is 0.130. The van der Waals surface area contributed by atoms with Crippen molar-refractivity contribution in [3.8, 4) is 0 Å². The minimum Gasteiger partial charge on any atom is -0.379 e. The second-order valence-electron chi connectivity index (χ2n) is 5.88. The molecule has 112 valence electrons. The minimum absolute atomic E-state index is 0. The fourth-order valence-corrected chi connectivity index (χ4v) is 3.67. The van der Waals surface area contributed by atoms with E-state index in [9.17, 15) is 0 Å². The molecular weight excluding hydrogens is 264 g/mol. The molecule has 1 aliphatic carbocycles. The number of nitrogens with one attached hydrogen (secondary N) is 2. The maximum Gasteiger partial charge on any atom is 0.0700 e. The van der Waals surface area contributed by atoms with Crippen LogP contribution in [0.25, 0.3) is 0 Å². The lowest BCUT2D eigenvalue weighted by atomic mass is 9.94. The zero-order valence-corrected chi connectivity index (χ0v) is 12.4.